The van der Waals surface area contributed by atoms with Gasteiger partial charge in [0, 0.05) is 0 Å². The van der Waals surface area contributed by atoms with E-state index in [1.807, 2.05) is 0 Å². The van der Waals surface area contributed by atoms with Crippen LogP contribution in [-0.4, -0.2) is 34.6 Å². The molecule has 0 spiro atoms. The van der Waals surface area contributed by atoms with E-state index < -0.39 is 0 Å². The molecule has 0 unspecified atom stereocenters. The summed E-state index contributed by atoms with van der Waals surface area (Å²) in [5.41, 5.74) is -0.325. The molecule has 1 heterocycles. The van der Waals surface area contributed by atoms with Crippen LogP contribution in [0.25, 0.3) is 0 Å². The maximum atomic E-state index is 10.5. The number of epoxide rings is 1. The van der Waals surface area contributed by atoms with Crippen LogP contribution >= 0.6 is 0 Å². The van der Waals surface area contributed by atoms with Crippen molar-refractivity contribution in [1.29, 1.82) is 0 Å². The van der Waals surface area contributed by atoms with Gasteiger partial charge in [-0.2, -0.15) is 0 Å². The molecule has 0 aromatic rings. The molecule has 104 valence electrons. The van der Waals surface area contributed by atoms with E-state index in [1.165, 1.54) is 6.42 Å². The Morgan fingerprint density at radius 2 is 2.00 bits per heavy atom. The van der Waals surface area contributed by atoms with Crippen molar-refractivity contribution in [3.05, 3.63) is 0 Å². The summed E-state index contributed by atoms with van der Waals surface area (Å²) >= 11 is 0. The standard InChI is InChI=1S/C15H26O3/c1-9(2)10-4-6-14(3)11(17)5-7-15(8-16)13(18-15)12(10)14/h9-13,16-17H,4-8H2,1-3H3/t10-,11+,12+,13+,14-,15-/m1/s1. The summed E-state index contributed by atoms with van der Waals surface area (Å²) in [7, 11) is 0. The van der Waals surface area contributed by atoms with E-state index in [4.69, 9.17) is 4.74 Å². The zero-order valence-electron chi connectivity index (χ0n) is 11.7. The van der Waals surface area contributed by atoms with E-state index in [-0.39, 0.29) is 29.8 Å². The van der Waals surface area contributed by atoms with Crippen LogP contribution in [0.5, 0.6) is 0 Å². The van der Waals surface area contributed by atoms with Crippen LogP contribution in [0.3, 0.4) is 0 Å². The molecule has 6 atom stereocenters. The van der Waals surface area contributed by atoms with Crippen molar-refractivity contribution in [2.45, 2.75) is 64.3 Å². The number of hydrogen-bond acceptors (Lipinski definition) is 3. The van der Waals surface area contributed by atoms with Crippen molar-refractivity contribution in [1.82, 2.24) is 0 Å². The minimum atomic E-state index is -0.319. The summed E-state index contributed by atoms with van der Waals surface area (Å²) in [6.07, 6.45) is 3.83. The minimum absolute atomic E-state index is 0.00692. The van der Waals surface area contributed by atoms with Crippen molar-refractivity contribution in [3.8, 4) is 0 Å². The number of aliphatic hydroxyl groups is 2. The quantitative estimate of drug-likeness (QED) is 0.741. The van der Waals surface area contributed by atoms with Crippen LogP contribution in [0, 0.1) is 23.2 Å². The summed E-state index contributed by atoms with van der Waals surface area (Å²) in [4.78, 5) is 0. The Hall–Kier alpha value is -0.120. The third kappa shape index (κ3) is 1.53. The summed E-state index contributed by atoms with van der Waals surface area (Å²) in [6, 6.07) is 0. The zero-order valence-corrected chi connectivity index (χ0v) is 11.7. The Labute approximate surface area is 110 Å². The molecule has 2 saturated carbocycles. The van der Waals surface area contributed by atoms with Gasteiger partial charge in [-0.25, -0.2) is 0 Å². The van der Waals surface area contributed by atoms with Gasteiger partial charge >= 0.3 is 0 Å². The lowest BCUT2D eigenvalue weighted by Crippen LogP contribution is -2.40. The molecule has 0 aromatic carbocycles. The molecule has 0 amide bonds. The van der Waals surface area contributed by atoms with Crippen LogP contribution in [0.4, 0.5) is 0 Å². The molecule has 3 heteroatoms. The highest BCUT2D eigenvalue weighted by atomic mass is 16.6. The lowest BCUT2D eigenvalue weighted by molar-refractivity contribution is -0.0203. The lowest BCUT2D eigenvalue weighted by atomic mass is 9.69. The largest absolute Gasteiger partial charge is 0.393 e. The smallest absolute Gasteiger partial charge is 0.118 e. The predicted molar refractivity (Wildman–Crippen MR) is 69.1 cm³/mol. The van der Waals surface area contributed by atoms with Crippen LogP contribution in [0.2, 0.25) is 0 Å². The second-order valence-electron chi connectivity index (χ2n) is 7.29. The maximum absolute atomic E-state index is 10.5. The first-order valence-electron chi connectivity index (χ1n) is 7.41. The summed E-state index contributed by atoms with van der Waals surface area (Å²) in [5.74, 6) is 1.67. The average Bonchev–Trinajstić information content (AvgIpc) is 2.95. The second kappa shape index (κ2) is 3.94. The van der Waals surface area contributed by atoms with Gasteiger partial charge in [0.15, 0.2) is 0 Å². The third-order valence-electron chi connectivity index (χ3n) is 6.11. The van der Waals surface area contributed by atoms with Crippen LogP contribution in [0.15, 0.2) is 0 Å². The van der Waals surface area contributed by atoms with Gasteiger partial charge in [0.05, 0.1) is 18.8 Å². The normalized spacial score (nSPS) is 55.0. The fraction of sp³-hybridized carbons (Fsp3) is 1.00. The van der Waals surface area contributed by atoms with Gasteiger partial charge in [-0.3, -0.25) is 0 Å². The number of ether oxygens (including phenoxy) is 1. The van der Waals surface area contributed by atoms with Crippen molar-refractivity contribution in [2.24, 2.45) is 23.2 Å². The van der Waals surface area contributed by atoms with Gasteiger partial charge in [0.2, 0.25) is 0 Å². The fourth-order valence-electron chi connectivity index (χ4n) is 4.76. The molecule has 2 aliphatic carbocycles. The first-order chi connectivity index (χ1) is 8.44. The highest BCUT2D eigenvalue weighted by molar-refractivity contribution is 5.16. The number of fused-ring (bicyclic) bond motifs is 3. The Balaban J connectivity index is 1.95. The van der Waals surface area contributed by atoms with E-state index in [0.717, 1.165) is 19.3 Å². The number of aliphatic hydroxyl groups excluding tert-OH is 2. The fourth-order valence-corrected chi connectivity index (χ4v) is 4.76. The van der Waals surface area contributed by atoms with E-state index in [0.29, 0.717) is 17.8 Å². The van der Waals surface area contributed by atoms with Gasteiger partial charge < -0.3 is 14.9 Å². The van der Waals surface area contributed by atoms with Gasteiger partial charge in [-0.1, -0.05) is 20.8 Å². The molecular weight excluding hydrogens is 228 g/mol. The van der Waals surface area contributed by atoms with E-state index in [2.05, 4.69) is 20.8 Å². The SMILES string of the molecule is CC(C)[C@H]1CC[C@@]2(C)[C@@H]1[C@@H]1O[C@@]1(CO)CC[C@@H]2O. The van der Waals surface area contributed by atoms with Gasteiger partial charge in [0.1, 0.15) is 5.60 Å². The van der Waals surface area contributed by atoms with Gasteiger partial charge in [-0.15, -0.1) is 0 Å². The molecule has 18 heavy (non-hydrogen) atoms. The van der Waals surface area contributed by atoms with Crippen molar-refractivity contribution >= 4 is 0 Å². The van der Waals surface area contributed by atoms with Crippen LogP contribution < -0.4 is 0 Å². The third-order valence-corrected chi connectivity index (χ3v) is 6.11. The molecule has 3 nitrogen and oxygen atoms in total. The molecule has 0 radical (unpaired) electrons. The van der Waals surface area contributed by atoms with Gasteiger partial charge in [0.25, 0.3) is 0 Å². The first-order valence-corrected chi connectivity index (χ1v) is 7.41. The molecule has 3 rings (SSSR count). The molecule has 0 bridgehead atoms. The molecule has 3 aliphatic rings. The molecule has 1 aliphatic heterocycles. The topological polar surface area (TPSA) is 53.0 Å². The van der Waals surface area contributed by atoms with Crippen molar-refractivity contribution < 1.29 is 14.9 Å². The maximum Gasteiger partial charge on any atom is 0.118 e. The van der Waals surface area contributed by atoms with E-state index in [1.54, 1.807) is 0 Å². The Morgan fingerprint density at radius 1 is 1.28 bits per heavy atom. The molecule has 1 saturated heterocycles. The van der Waals surface area contributed by atoms with Gasteiger partial charge in [-0.05, 0) is 48.9 Å². The van der Waals surface area contributed by atoms with Crippen LogP contribution in [0.1, 0.15) is 46.5 Å². The lowest BCUT2D eigenvalue weighted by Gasteiger charge is -2.37. The monoisotopic (exact) mass is 254 g/mol. The van der Waals surface area contributed by atoms with Crippen molar-refractivity contribution in [3.63, 3.8) is 0 Å². The minimum Gasteiger partial charge on any atom is -0.393 e. The Bertz CT molecular complexity index is 343. The zero-order chi connectivity index (χ0) is 13.1. The average molecular weight is 254 g/mol. The summed E-state index contributed by atoms with van der Waals surface area (Å²) in [5, 5.41) is 20.2. The predicted octanol–water partition coefficient (Wildman–Crippen LogP) is 1.96. The number of hydrogen-bond donors (Lipinski definition) is 2. The summed E-state index contributed by atoms with van der Waals surface area (Å²) in [6.45, 7) is 6.90. The highest BCUT2D eigenvalue weighted by Crippen LogP contribution is 2.63. The Morgan fingerprint density at radius 3 is 2.61 bits per heavy atom. The van der Waals surface area contributed by atoms with E-state index in [9.17, 15) is 10.2 Å². The van der Waals surface area contributed by atoms with Crippen molar-refractivity contribution in [2.75, 3.05) is 6.61 Å². The second-order valence-corrected chi connectivity index (χ2v) is 7.29. The summed E-state index contributed by atoms with van der Waals surface area (Å²) < 4.78 is 5.94. The first kappa shape index (κ1) is 12.9. The highest BCUT2D eigenvalue weighted by Gasteiger charge is 2.69. The van der Waals surface area contributed by atoms with Crippen LogP contribution in [-0.2, 0) is 4.74 Å². The molecule has 0 aromatic heterocycles. The molecule has 3 fully saturated rings. The molecule has 2 N–H and O–H groups in total. The molecular formula is C15H26O3. The van der Waals surface area contributed by atoms with E-state index >= 15 is 0 Å². The Kier molecular flexibility index (Phi) is 2.82. The number of rotatable bonds is 2.